The van der Waals surface area contributed by atoms with Gasteiger partial charge >= 0.3 is 5.97 Å². The largest absolute Gasteiger partial charge is 0.461 e. The SMILES string of the molecule is CN=C(c1cccc(F)c1)N(CC(=O)O[C@@H]1C[C@H](C)CC[C@H]1C(C)C)c1ccccc1C. The smallest absolute Gasteiger partial charge is 0.326 e. The summed E-state index contributed by atoms with van der Waals surface area (Å²) in [5.74, 6) is 1.31. The monoisotopic (exact) mass is 438 g/mol. The van der Waals surface area contributed by atoms with E-state index in [-0.39, 0.29) is 24.4 Å². The lowest BCUT2D eigenvalue weighted by atomic mass is 9.75. The number of rotatable bonds is 6. The van der Waals surface area contributed by atoms with Gasteiger partial charge in [0.15, 0.2) is 0 Å². The zero-order valence-corrected chi connectivity index (χ0v) is 19.8. The number of aliphatic imine (C=N–C) groups is 1. The van der Waals surface area contributed by atoms with Gasteiger partial charge < -0.3 is 9.64 Å². The summed E-state index contributed by atoms with van der Waals surface area (Å²) >= 11 is 0. The summed E-state index contributed by atoms with van der Waals surface area (Å²) in [5.41, 5.74) is 2.48. The van der Waals surface area contributed by atoms with E-state index in [1.165, 1.54) is 18.6 Å². The van der Waals surface area contributed by atoms with Gasteiger partial charge in [0.1, 0.15) is 24.3 Å². The molecule has 1 aliphatic carbocycles. The first-order chi connectivity index (χ1) is 15.3. The molecule has 5 heteroatoms. The third-order valence-corrected chi connectivity index (χ3v) is 6.49. The van der Waals surface area contributed by atoms with Crippen molar-refractivity contribution >= 4 is 17.5 Å². The number of hydrogen-bond acceptors (Lipinski definition) is 3. The molecule has 3 rings (SSSR count). The van der Waals surface area contributed by atoms with Crippen molar-refractivity contribution in [3.63, 3.8) is 0 Å². The highest BCUT2D eigenvalue weighted by Gasteiger charge is 2.34. The molecule has 0 unspecified atom stereocenters. The van der Waals surface area contributed by atoms with Crippen LogP contribution < -0.4 is 4.90 Å². The molecule has 0 aromatic heterocycles. The fourth-order valence-corrected chi connectivity index (χ4v) is 4.76. The number of nitrogens with zero attached hydrogens (tertiary/aromatic N) is 2. The number of anilines is 1. The molecule has 0 N–H and O–H groups in total. The van der Waals surface area contributed by atoms with E-state index in [4.69, 9.17) is 4.74 Å². The minimum absolute atomic E-state index is 0.0176. The van der Waals surface area contributed by atoms with Crippen molar-refractivity contribution in [3.8, 4) is 0 Å². The fourth-order valence-electron chi connectivity index (χ4n) is 4.76. The van der Waals surface area contributed by atoms with Gasteiger partial charge in [0.2, 0.25) is 0 Å². The van der Waals surface area contributed by atoms with E-state index in [0.717, 1.165) is 24.1 Å². The van der Waals surface area contributed by atoms with E-state index < -0.39 is 0 Å². The first-order valence-corrected chi connectivity index (χ1v) is 11.6. The summed E-state index contributed by atoms with van der Waals surface area (Å²) in [4.78, 5) is 19.5. The lowest BCUT2D eigenvalue weighted by Crippen LogP contribution is -2.41. The van der Waals surface area contributed by atoms with Crippen molar-refractivity contribution in [1.82, 2.24) is 0 Å². The molecule has 1 aliphatic rings. The number of amidine groups is 1. The average Bonchev–Trinajstić information content (AvgIpc) is 2.74. The van der Waals surface area contributed by atoms with Crippen molar-refractivity contribution < 1.29 is 13.9 Å². The van der Waals surface area contributed by atoms with E-state index in [9.17, 15) is 9.18 Å². The Hall–Kier alpha value is -2.69. The summed E-state index contributed by atoms with van der Waals surface area (Å²) in [6.07, 6.45) is 3.10. The zero-order valence-electron chi connectivity index (χ0n) is 19.8. The van der Waals surface area contributed by atoms with Gasteiger partial charge in [-0.25, -0.2) is 4.39 Å². The Kier molecular flexibility index (Phi) is 8.05. The summed E-state index contributed by atoms with van der Waals surface area (Å²) < 4.78 is 20.0. The maximum atomic E-state index is 14.0. The molecule has 1 saturated carbocycles. The van der Waals surface area contributed by atoms with Gasteiger partial charge in [0.25, 0.3) is 0 Å². The van der Waals surface area contributed by atoms with E-state index in [1.54, 1.807) is 19.2 Å². The number of halogens is 1. The number of carbonyl (C=O) groups is 1. The van der Waals surface area contributed by atoms with Crippen LogP contribution in [0.1, 0.15) is 51.2 Å². The van der Waals surface area contributed by atoms with Crippen LogP contribution in [-0.4, -0.2) is 31.5 Å². The molecular formula is C27H35FN2O2. The van der Waals surface area contributed by atoms with Gasteiger partial charge in [-0.15, -0.1) is 0 Å². The highest BCUT2D eigenvalue weighted by molar-refractivity contribution is 6.12. The lowest BCUT2D eigenvalue weighted by Gasteiger charge is -2.37. The number of hydrogen-bond donors (Lipinski definition) is 0. The number of carbonyl (C=O) groups excluding carboxylic acids is 1. The Morgan fingerprint density at radius 2 is 1.94 bits per heavy atom. The predicted molar refractivity (Wildman–Crippen MR) is 129 cm³/mol. The molecule has 2 aromatic carbocycles. The molecule has 172 valence electrons. The number of benzene rings is 2. The number of aryl methyl sites for hydroxylation is 1. The third kappa shape index (κ3) is 5.76. The van der Waals surface area contributed by atoms with E-state index >= 15 is 0 Å². The highest BCUT2D eigenvalue weighted by Crippen LogP contribution is 2.35. The van der Waals surface area contributed by atoms with Crippen LogP contribution in [0.3, 0.4) is 0 Å². The summed E-state index contributed by atoms with van der Waals surface area (Å²) in [6.45, 7) is 8.64. The minimum atomic E-state index is -0.341. The molecule has 0 saturated heterocycles. The van der Waals surface area contributed by atoms with E-state index in [2.05, 4.69) is 25.8 Å². The van der Waals surface area contributed by atoms with Crippen LogP contribution >= 0.6 is 0 Å². The first kappa shape index (κ1) is 24.0. The van der Waals surface area contributed by atoms with E-state index in [1.807, 2.05) is 36.1 Å². The Balaban J connectivity index is 1.89. The van der Waals surface area contributed by atoms with Crippen LogP contribution in [0, 0.1) is 30.5 Å². The molecule has 2 aromatic rings. The zero-order chi connectivity index (χ0) is 23.3. The van der Waals surface area contributed by atoms with Gasteiger partial charge in [0.05, 0.1) is 0 Å². The third-order valence-electron chi connectivity index (χ3n) is 6.49. The first-order valence-electron chi connectivity index (χ1n) is 11.6. The number of para-hydroxylation sites is 1. The molecule has 4 nitrogen and oxygen atoms in total. The Morgan fingerprint density at radius 1 is 1.19 bits per heavy atom. The summed E-state index contributed by atoms with van der Waals surface area (Å²) in [6, 6.07) is 14.1. The molecule has 0 radical (unpaired) electrons. The van der Waals surface area contributed by atoms with Gasteiger partial charge in [-0.2, -0.15) is 0 Å². The van der Waals surface area contributed by atoms with E-state index in [0.29, 0.717) is 29.2 Å². The van der Waals surface area contributed by atoms with Crippen molar-refractivity contribution in [1.29, 1.82) is 0 Å². The molecule has 0 spiro atoms. The van der Waals surface area contributed by atoms with Crippen LogP contribution in [0.25, 0.3) is 0 Å². The normalized spacial score (nSPS) is 21.5. The fraction of sp³-hybridized carbons (Fsp3) is 0.481. The van der Waals surface area contributed by atoms with Crippen molar-refractivity contribution in [2.75, 3.05) is 18.5 Å². The second-order valence-corrected chi connectivity index (χ2v) is 9.28. The summed E-state index contributed by atoms with van der Waals surface area (Å²) in [7, 11) is 1.66. The van der Waals surface area contributed by atoms with Gasteiger partial charge in [-0.3, -0.25) is 9.79 Å². The molecule has 32 heavy (non-hydrogen) atoms. The van der Waals surface area contributed by atoms with Crippen LogP contribution in [0.2, 0.25) is 0 Å². The van der Waals surface area contributed by atoms with Crippen LogP contribution in [0.15, 0.2) is 53.5 Å². The second-order valence-electron chi connectivity index (χ2n) is 9.28. The predicted octanol–water partition coefficient (Wildman–Crippen LogP) is 6.02. The molecule has 0 bridgehead atoms. The Bertz CT molecular complexity index is 956. The van der Waals surface area contributed by atoms with Crippen molar-refractivity contribution in [2.24, 2.45) is 22.7 Å². The van der Waals surface area contributed by atoms with Crippen molar-refractivity contribution in [2.45, 2.75) is 53.1 Å². The molecular weight excluding hydrogens is 403 g/mol. The molecule has 0 heterocycles. The average molecular weight is 439 g/mol. The minimum Gasteiger partial charge on any atom is -0.461 e. The van der Waals surface area contributed by atoms with Crippen LogP contribution in [-0.2, 0) is 9.53 Å². The molecule has 0 amide bonds. The quantitative estimate of drug-likeness (QED) is 0.315. The number of ether oxygens (including phenoxy) is 1. The molecule has 1 fully saturated rings. The Morgan fingerprint density at radius 3 is 2.59 bits per heavy atom. The van der Waals surface area contributed by atoms with Crippen LogP contribution in [0.5, 0.6) is 0 Å². The van der Waals surface area contributed by atoms with Gasteiger partial charge in [-0.1, -0.05) is 57.5 Å². The topological polar surface area (TPSA) is 41.9 Å². The number of esters is 1. The Labute approximate surface area is 191 Å². The maximum absolute atomic E-state index is 14.0. The van der Waals surface area contributed by atoms with Gasteiger partial charge in [0, 0.05) is 18.3 Å². The maximum Gasteiger partial charge on any atom is 0.326 e. The lowest BCUT2D eigenvalue weighted by molar-refractivity contribution is -0.154. The van der Waals surface area contributed by atoms with Gasteiger partial charge in [-0.05, 0) is 61.3 Å². The molecule has 0 aliphatic heterocycles. The molecule has 3 atom stereocenters. The second kappa shape index (κ2) is 10.8. The standard InChI is InChI=1S/C27H35FN2O2/c1-18(2)23-14-13-19(3)15-25(23)32-26(31)17-30(24-12-7-6-9-20(24)4)27(29-5)21-10-8-11-22(28)16-21/h6-12,16,18-19,23,25H,13-15,17H2,1-5H3/t19-,23+,25-/m1/s1. The summed E-state index contributed by atoms with van der Waals surface area (Å²) in [5, 5.41) is 0. The highest BCUT2D eigenvalue weighted by atomic mass is 19.1. The van der Waals surface area contributed by atoms with Crippen molar-refractivity contribution in [3.05, 3.63) is 65.5 Å². The van der Waals surface area contributed by atoms with Crippen LogP contribution in [0.4, 0.5) is 10.1 Å².